The Balaban J connectivity index is 0.980. The van der Waals surface area contributed by atoms with Gasteiger partial charge in [0.25, 0.3) is 0 Å². The largest absolute Gasteiger partial charge is 0.340 e. The Morgan fingerprint density at radius 3 is 1.14 bits per heavy atom. The summed E-state index contributed by atoms with van der Waals surface area (Å²) in [6.07, 6.45) is 4.82. The van der Waals surface area contributed by atoms with Crippen LogP contribution in [0.15, 0.2) is 146 Å². The van der Waals surface area contributed by atoms with Crippen molar-refractivity contribution in [1.82, 2.24) is 9.13 Å². The van der Waals surface area contributed by atoms with Gasteiger partial charge in [0, 0.05) is 56.7 Å². The molecule has 8 aromatic rings. The Bertz CT molecular complexity index is 2060. The SMILES string of the molecule is c1ccc(-c2ccc3c(c2)c2ccccc2n3CCCCCCn2c3ccccc3c3cc(-c4ccccc4)ccc32)cc1. The number of aryl methyl sites for hydroxylation is 2. The van der Waals surface area contributed by atoms with Crippen LogP contribution in [0.4, 0.5) is 0 Å². The van der Waals surface area contributed by atoms with Crippen LogP contribution in [-0.2, 0) is 13.1 Å². The van der Waals surface area contributed by atoms with Crippen molar-refractivity contribution in [1.29, 1.82) is 0 Å². The van der Waals surface area contributed by atoms with Gasteiger partial charge in [-0.05, 0) is 71.5 Å². The molecule has 2 heteroatoms. The Kier molecular flexibility index (Phi) is 6.96. The van der Waals surface area contributed by atoms with Crippen molar-refractivity contribution >= 4 is 43.6 Å². The molecule has 0 saturated carbocycles. The fourth-order valence-corrected chi connectivity index (χ4v) is 7.10. The minimum atomic E-state index is 1.05. The van der Waals surface area contributed by atoms with Crippen molar-refractivity contribution < 1.29 is 0 Å². The fraction of sp³-hybridized carbons (Fsp3) is 0.143. The van der Waals surface area contributed by atoms with Crippen LogP contribution in [0.3, 0.4) is 0 Å². The summed E-state index contributed by atoms with van der Waals surface area (Å²) in [5, 5.41) is 5.40. The number of unbranched alkanes of at least 4 members (excludes halogenated alkanes) is 3. The van der Waals surface area contributed by atoms with Gasteiger partial charge in [0.15, 0.2) is 0 Å². The van der Waals surface area contributed by atoms with Crippen LogP contribution in [-0.4, -0.2) is 9.13 Å². The van der Waals surface area contributed by atoms with E-state index in [1.165, 1.54) is 91.5 Å². The molecule has 2 aromatic heterocycles. The van der Waals surface area contributed by atoms with Crippen molar-refractivity contribution in [3.8, 4) is 22.3 Å². The summed E-state index contributed by atoms with van der Waals surface area (Å²) in [6.45, 7) is 2.10. The zero-order chi connectivity index (χ0) is 29.3. The van der Waals surface area contributed by atoms with Crippen LogP contribution in [0.5, 0.6) is 0 Å². The van der Waals surface area contributed by atoms with E-state index < -0.39 is 0 Å². The zero-order valence-corrected chi connectivity index (χ0v) is 25.0. The highest BCUT2D eigenvalue weighted by Crippen LogP contribution is 2.34. The van der Waals surface area contributed by atoms with Crippen LogP contribution in [0.1, 0.15) is 25.7 Å². The summed E-state index contributed by atoms with van der Waals surface area (Å²) in [5.74, 6) is 0. The van der Waals surface area contributed by atoms with Gasteiger partial charge < -0.3 is 9.13 Å². The first-order valence-electron chi connectivity index (χ1n) is 16.0. The maximum absolute atomic E-state index is 2.54. The molecular weight excluding hydrogens is 532 g/mol. The van der Waals surface area contributed by atoms with E-state index in [4.69, 9.17) is 0 Å². The molecule has 0 aliphatic heterocycles. The van der Waals surface area contributed by atoms with Gasteiger partial charge in [0.1, 0.15) is 0 Å². The maximum Gasteiger partial charge on any atom is 0.0491 e. The highest BCUT2D eigenvalue weighted by atomic mass is 15.0. The second kappa shape index (κ2) is 11.5. The van der Waals surface area contributed by atoms with Gasteiger partial charge in [-0.15, -0.1) is 0 Å². The molecule has 0 radical (unpaired) electrons. The van der Waals surface area contributed by atoms with Crippen molar-refractivity contribution in [3.63, 3.8) is 0 Å². The molecule has 0 amide bonds. The first-order chi connectivity index (χ1) is 21.8. The van der Waals surface area contributed by atoms with E-state index in [0.29, 0.717) is 0 Å². The van der Waals surface area contributed by atoms with Gasteiger partial charge in [0.05, 0.1) is 0 Å². The predicted octanol–water partition coefficient (Wildman–Crippen LogP) is 11.5. The molecule has 0 aliphatic carbocycles. The quantitative estimate of drug-likeness (QED) is 0.153. The average Bonchev–Trinajstić information content (AvgIpc) is 3.58. The maximum atomic E-state index is 2.54. The molecule has 0 saturated heterocycles. The van der Waals surface area contributed by atoms with E-state index in [1.54, 1.807) is 0 Å². The number of hydrogen-bond acceptors (Lipinski definition) is 0. The summed E-state index contributed by atoms with van der Waals surface area (Å²) in [4.78, 5) is 0. The van der Waals surface area contributed by atoms with E-state index >= 15 is 0 Å². The number of benzene rings is 6. The molecule has 2 heterocycles. The second-order valence-electron chi connectivity index (χ2n) is 11.9. The summed E-state index contributed by atoms with van der Waals surface area (Å²) in [5.41, 5.74) is 10.5. The van der Waals surface area contributed by atoms with Gasteiger partial charge >= 0.3 is 0 Å². The summed E-state index contributed by atoms with van der Waals surface area (Å²) < 4.78 is 5.08. The number of para-hydroxylation sites is 2. The number of fused-ring (bicyclic) bond motifs is 6. The fourth-order valence-electron chi connectivity index (χ4n) is 7.10. The number of rotatable bonds is 9. The van der Waals surface area contributed by atoms with Gasteiger partial charge in [0.2, 0.25) is 0 Å². The first-order valence-corrected chi connectivity index (χ1v) is 16.0. The molecular formula is C42H36N2. The molecule has 0 unspecified atom stereocenters. The summed E-state index contributed by atoms with van der Waals surface area (Å²) in [6, 6.07) is 53.1. The third-order valence-corrected chi connectivity index (χ3v) is 9.27. The summed E-state index contributed by atoms with van der Waals surface area (Å²) in [7, 11) is 0. The lowest BCUT2D eigenvalue weighted by Gasteiger charge is -2.10. The van der Waals surface area contributed by atoms with Gasteiger partial charge in [-0.2, -0.15) is 0 Å². The van der Waals surface area contributed by atoms with Gasteiger partial charge in [-0.25, -0.2) is 0 Å². The molecule has 2 nitrogen and oxygen atoms in total. The third-order valence-electron chi connectivity index (χ3n) is 9.27. The molecule has 0 aliphatic rings. The first kappa shape index (κ1) is 26.5. The monoisotopic (exact) mass is 568 g/mol. The van der Waals surface area contributed by atoms with E-state index in [1.807, 2.05) is 0 Å². The lowest BCUT2D eigenvalue weighted by molar-refractivity contribution is 0.559. The van der Waals surface area contributed by atoms with Crippen molar-refractivity contribution in [2.24, 2.45) is 0 Å². The molecule has 214 valence electrons. The topological polar surface area (TPSA) is 9.86 Å². The second-order valence-corrected chi connectivity index (χ2v) is 11.9. The lowest BCUT2D eigenvalue weighted by atomic mass is 10.0. The minimum Gasteiger partial charge on any atom is -0.340 e. The third kappa shape index (κ3) is 4.77. The molecule has 0 bridgehead atoms. The van der Waals surface area contributed by atoms with E-state index in [9.17, 15) is 0 Å². The Labute approximate surface area is 258 Å². The molecule has 0 atom stereocenters. The number of aromatic nitrogens is 2. The van der Waals surface area contributed by atoms with Crippen LogP contribution in [0.25, 0.3) is 65.9 Å². The van der Waals surface area contributed by atoms with E-state index in [-0.39, 0.29) is 0 Å². The molecule has 0 N–H and O–H groups in total. The molecule has 8 rings (SSSR count). The average molecular weight is 569 g/mol. The molecule has 44 heavy (non-hydrogen) atoms. The van der Waals surface area contributed by atoms with Gasteiger partial charge in [-0.3, -0.25) is 0 Å². The zero-order valence-electron chi connectivity index (χ0n) is 25.0. The normalized spacial score (nSPS) is 11.7. The van der Waals surface area contributed by atoms with E-state index in [2.05, 4.69) is 155 Å². The van der Waals surface area contributed by atoms with Gasteiger partial charge in [-0.1, -0.05) is 122 Å². The Morgan fingerprint density at radius 1 is 0.295 bits per heavy atom. The number of nitrogens with zero attached hydrogens (tertiary/aromatic N) is 2. The van der Waals surface area contributed by atoms with Crippen molar-refractivity contribution in [3.05, 3.63) is 146 Å². The van der Waals surface area contributed by atoms with Crippen LogP contribution in [0, 0.1) is 0 Å². The smallest absolute Gasteiger partial charge is 0.0491 e. The lowest BCUT2D eigenvalue weighted by Crippen LogP contribution is -2.00. The Morgan fingerprint density at radius 2 is 0.682 bits per heavy atom. The highest BCUT2D eigenvalue weighted by Gasteiger charge is 2.13. The molecule has 0 fully saturated rings. The minimum absolute atomic E-state index is 1.05. The summed E-state index contributed by atoms with van der Waals surface area (Å²) >= 11 is 0. The van der Waals surface area contributed by atoms with Crippen LogP contribution in [0.2, 0.25) is 0 Å². The number of hydrogen-bond donors (Lipinski definition) is 0. The van der Waals surface area contributed by atoms with Crippen molar-refractivity contribution in [2.45, 2.75) is 38.8 Å². The highest BCUT2D eigenvalue weighted by molar-refractivity contribution is 6.10. The van der Waals surface area contributed by atoms with Crippen molar-refractivity contribution in [2.75, 3.05) is 0 Å². The molecule has 0 spiro atoms. The van der Waals surface area contributed by atoms with Crippen LogP contribution < -0.4 is 0 Å². The van der Waals surface area contributed by atoms with E-state index in [0.717, 1.165) is 13.1 Å². The van der Waals surface area contributed by atoms with Crippen LogP contribution >= 0.6 is 0 Å². The predicted molar refractivity (Wildman–Crippen MR) is 188 cm³/mol. The standard InChI is InChI=1S/C42H36N2/c1(13-27-43-39-21-11-9-19-35(39)37-29-33(23-25-41(37)43)31-15-5-3-6-16-31)2-14-28-44-40-22-12-10-20-36(40)38-30-34(24-26-42(38)44)32-17-7-4-8-18-32/h3-12,15-26,29-30H,1-2,13-14,27-28H2. The molecule has 6 aromatic carbocycles. The Hall–Kier alpha value is -5.08.